The first-order chi connectivity index (χ1) is 9.02. The molecule has 0 radical (unpaired) electrons. The molecule has 1 N–H and O–H groups in total. The molecule has 106 valence electrons. The van der Waals surface area contributed by atoms with E-state index in [-0.39, 0.29) is 0 Å². The van der Waals surface area contributed by atoms with Gasteiger partial charge < -0.3 is 10.1 Å². The van der Waals surface area contributed by atoms with Crippen molar-refractivity contribution in [1.29, 1.82) is 0 Å². The van der Waals surface area contributed by atoms with E-state index in [0.29, 0.717) is 24.0 Å². The summed E-state index contributed by atoms with van der Waals surface area (Å²) in [6.07, 6.45) is 2.64. The molecule has 0 amide bonds. The third kappa shape index (κ3) is 3.11. The van der Waals surface area contributed by atoms with Crippen molar-refractivity contribution < 1.29 is 4.74 Å². The van der Waals surface area contributed by atoms with Crippen LogP contribution in [0.5, 0.6) is 5.75 Å². The van der Waals surface area contributed by atoms with Gasteiger partial charge in [0.1, 0.15) is 11.9 Å². The fourth-order valence-corrected chi connectivity index (χ4v) is 2.68. The van der Waals surface area contributed by atoms with Gasteiger partial charge in [-0.1, -0.05) is 45.9 Å². The van der Waals surface area contributed by atoms with Gasteiger partial charge in [-0.15, -0.1) is 0 Å². The molecule has 0 unspecified atom stereocenters. The maximum atomic E-state index is 6.33. The lowest BCUT2D eigenvalue weighted by Gasteiger charge is -2.36. The molecule has 1 aliphatic carbocycles. The van der Waals surface area contributed by atoms with Crippen LogP contribution < -0.4 is 10.1 Å². The molecular formula is C17H27NO. The quantitative estimate of drug-likeness (QED) is 0.863. The fourth-order valence-electron chi connectivity index (χ4n) is 2.68. The van der Waals surface area contributed by atoms with E-state index in [4.69, 9.17) is 4.74 Å². The molecule has 0 aliphatic heterocycles. The third-order valence-electron chi connectivity index (χ3n) is 4.11. The normalized spacial score (nSPS) is 22.7. The van der Waals surface area contributed by atoms with Crippen molar-refractivity contribution in [3.63, 3.8) is 0 Å². The van der Waals surface area contributed by atoms with Crippen LogP contribution in [0.4, 0.5) is 0 Å². The highest BCUT2D eigenvalue weighted by molar-refractivity contribution is 5.45. The number of benzene rings is 1. The minimum atomic E-state index is 0.384. The molecule has 2 heteroatoms. The Morgan fingerprint density at radius 2 is 1.58 bits per heavy atom. The van der Waals surface area contributed by atoms with Gasteiger partial charge in [-0.05, 0) is 42.9 Å². The summed E-state index contributed by atoms with van der Waals surface area (Å²) in [6, 6.07) is 7.22. The number of hydrogen-bond acceptors (Lipinski definition) is 2. The number of nitrogens with one attached hydrogen (secondary N) is 1. The molecule has 0 bridgehead atoms. The Hall–Kier alpha value is -1.02. The first kappa shape index (κ1) is 14.4. The lowest BCUT2D eigenvalue weighted by Crippen LogP contribution is -2.45. The molecule has 0 atom stereocenters. The van der Waals surface area contributed by atoms with Gasteiger partial charge in [-0.2, -0.15) is 0 Å². The number of para-hydroxylation sites is 1. The summed E-state index contributed by atoms with van der Waals surface area (Å²) in [5.41, 5.74) is 2.69. The molecule has 1 aliphatic rings. The van der Waals surface area contributed by atoms with E-state index < -0.39 is 0 Å². The lowest BCUT2D eigenvalue weighted by molar-refractivity contribution is 0.0860. The third-order valence-corrected chi connectivity index (χ3v) is 4.11. The van der Waals surface area contributed by atoms with E-state index in [2.05, 4.69) is 51.2 Å². The monoisotopic (exact) mass is 261 g/mol. The van der Waals surface area contributed by atoms with Gasteiger partial charge in [0.05, 0.1) is 0 Å². The lowest BCUT2D eigenvalue weighted by atomic mass is 9.88. The first-order valence-electron chi connectivity index (χ1n) is 7.49. The smallest absolute Gasteiger partial charge is 0.126 e. The molecule has 1 saturated carbocycles. The fraction of sp³-hybridized carbons (Fsp3) is 0.647. The zero-order valence-corrected chi connectivity index (χ0v) is 12.9. The second-order valence-electron chi connectivity index (χ2n) is 6.27. The maximum Gasteiger partial charge on any atom is 0.126 e. The SMILES string of the molecule is CNC1CC(Oc2c(C(C)C)cccc2C(C)C)C1. The van der Waals surface area contributed by atoms with Crippen LogP contribution in [0.3, 0.4) is 0 Å². The Balaban J connectivity index is 2.21. The maximum absolute atomic E-state index is 6.33. The van der Waals surface area contributed by atoms with E-state index in [1.54, 1.807) is 0 Å². The van der Waals surface area contributed by atoms with E-state index in [1.165, 1.54) is 11.1 Å². The summed E-state index contributed by atoms with van der Waals surface area (Å²) in [4.78, 5) is 0. The van der Waals surface area contributed by atoms with Crippen molar-refractivity contribution in [2.75, 3.05) is 7.05 Å². The number of rotatable bonds is 5. The van der Waals surface area contributed by atoms with Gasteiger partial charge >= 0.3 is 0 Å². The van der Waals surface area contributed by atoms with Gasteiger partial charge in [-0.25, -0.2) is 0 Å². The summed E-state index contributed by atoms with van der Waals surface area (Å²) >= 11 is 0. The van der Waals surface area contributed by atoms with Crippen LogP contribution in [0.25, 0.3) is 0 Å². The molecule has 0 heterocycles. The van der Waals surface area contributed by atoms with Crippen LogP contribution in [0.1, 0.15) is 63.5 Å². The molecule has 0 saturated heterocycles. The van der Waals surface area contributed by atoms with Crippen LogP contribution in [0.15, 0.2) is 18.2 Å². The minimum Gasteiger partial charge on any atom is -0.490 e. The topological polar surface area (TPSA) is 21.3 Å². The first-order valence-corrected chi connectivity index (χ1v) is 7.49. The highest BCUT2D eigenvalue weighted by atomic mass is 16.5. The Labute approximate surface area is 117 Å². The summed E-state index contributed by atoms with van der Waals surface area (Å²) in [6.45, 7) is 8.96. The van der Waals surface area contributed by atoms with Crippen LogP contribution in [0.2, 0.25) is 0 Å². The van der Waals surface area contributed by atoms with Gasteiger partial charge in [0.2, 0.25) is 0 Å². The molecular weight excluding hydrogens is 234 g/mol. The molecule has 1 aromatic rings. The van der Waals surface area contributed by atoms with Crippen LogP contribution in [-0.4, -0.2) is 19.2 Å². The highest BCUT2D eigenvalue weighted by Crippen LogP contribution is 2.37. The van der Waals surface area contributed by atoms with E-state index in [9.17, 15) is 0 Å². The average molecular weight is 261 g/mol. The van der Waals surface area contributed by atoms with Gasteiger partial charge in [-0.3, -0.25) is 0 Å². The Morgan fingerprint density at radius 1 is 1.05 bits per heavy atom. The molecule has 0 spiro atoms. The van der Waals surface area contributed by atoms with E-state index >= 15 is 0 Å². The van der Waals surface area contributed by atoms with Crippen LogP contribution in [0, 0.1) is 0 Å². The Bertz CT molecular complexity index is 393. The highest BCUT2D eigenvalue weighted by Gasteiger charge is 2.31. The molecule has 0 aromatic heterocycles. The van der Waals surface area contributed by atoms with Crippen molar-refractivity contribution in [3.05, 3.63) is 29.3 Å². The second-order valence-corrected chi connectivity index (χ2v) is 6.27. The number of ether oxygens (including phenoxy) is 1. The molecule has 2 rings (SSSR count). The average Bonchev–Trinajstić information content (AvgIpc) is 2.32. The van der Waals surface area contributed by atoms with Crippen molar-refractivity contribution in [1.82, 2.24) is 5.32 Å². The summed E-state index contributed by atoms with van der Waals surface area (Å²) in [5.74, 6) is 2.16. The Morgan fingerprint density at radius 3 is 2.00 bits per heavy atom. The van der Waals surface area contributed by atoms with Gasteiger partial charge in [0.15, 0.2) is 0 Å². The van der Waals surface area contributed by atoms with Gasteiger partial charge in [0.25, 0.3) is 0 Å². The zero-order chi connectivity index (χ0) is 14.0. The summed E-state index contributed by atoms with van der Waals surface area (Å²) in [5, 5.41) is 3.31. The molecule has 1 aromatic carbocycles. The van der Waals surface area contributed by atoms with Crippen LogP contribution in [-0.2, 0) is 0 Å². The molecule has 2 nitrogen and oxygen atoms in total. The van der Waals surface area contributed by atoms with Gasteiger partial charge in [0, 0.05) is 6.04 Å². The van der Waals surface area contributed by atoms with Crippen molar-refractivity contribution in [2.24, 2.45) is 0 Å². The predicted molar refractivity (Wildman–Crippen MR) is 81.1 cm³/mol. The summed E-state index contributed by atoms with van der Waals surface area (Å²) < 4.78 is 6.33. The zero-order valence-electron chi connectivity index (χ0n) is 12.9. The second kappa shape index (κ2) is 5.96. The largest absolute Gasteiger partial charge is 0.490 e. The van der Waals surface area contributed by atoms with Crippen molar-refractivity contribution in [2.45, 2.75) is 64.5 Å². The van der Waals surface area contributed by atoms with Crippen LogP contribution >= 0.6 is 0 Å². The number of hydrogen-bond donors (Lipinski definition) is 1. The van der Waals surface area contributed by atoms with Crippen molar-refractivity contribution in [3.8, 4) is 5.75 Å². The molecule has 1 fully saturated rings. The van der Waals surface area contributed by atoms with E-state index in [0.717, 1.165) is 18.6 Å². The van der Waals surface area contributed by atoms with E-state index in [1.807, 2.05) is 7.05 Å². The Kier molecular flexibility index (Phi) is 4.51. The standard InChI is InChI=1S/C17H27NO/c1-11(2)15-7-6-8-16(12(3)4)17(15)19-14-9-13(10-14)18-5/h6-8,11-14,18H,9-10H2,1-5H3. The van der Waals surface area contributed by atoms with Crippen molar-refractivity contribution >= 4 is 0 Å². The predicted octanol–water partition coefficient (Wildman–Crippen LogP) is 4.06. The minimum absolute atomic E-state index is 0.384. The summed E-state index contributed by atoms with van der Waals surface area (Å²) in [7, 11) is 2.03. The molecule has 19 heavy (non-hydrogen) atoms.